The van der Waals surface area contributed by atoms with E-state index >= 15 is 0 Å². The highest BCUT2D eigenvalue weighted by atomic mass is 16.3. The number of hydrogen-bond acceptors (Lipinski definition) is 5. The van der Waals surface area contributed by atoms with Crippen molar-refractivity contribution in [3.8, 4) is 5.75 Å². The van der Waals surface area contributed by atoms with Crippen LogP contribution in [0, 0.1) is 0 Å². The summed E-state index contributed by atoms with van der Waals surface area (Å²) in [5, 5.41) is 19.9. The van der Waals surface area contributed by atoms with Gasteiger partial charge in [0.25, 0.3) is 5.91 Å². The van der Waals surface area contributed by atoms with Crippen molar-refractivity contribution in [2.24, 2.45) is 0 Å². The van der Waals surface area contributed by atoms with Crippen LogP contribution in [-0.4, -0.2) is 26.2 Å². The van der Waals surface area contributed by atoms with Crippen molar-refractivity contribution in [1.82, 2.24) is 15.2 Å². The molecule has 0 atom stereocenters. The summed E-state index contributed by atoms with van der Waals surface area (Å²) in [4.78, 5) is 16.3. The van der Waals surface area contributed by atoms with Crippen LogP contribution in [0.5, 0.6) is 5.75 Å². The highest BCUT2D eigenvalue weighted by Gasteiger charge is 2.11. The van der Waals surface area contributed by atoms with Gasteiger partial charge < -0.3 is 5.11 Å². The fourth-order valence-electron chi connectivity index (χ4n) is 1.81. The van der Waals surface area contributed by atoms with Crippen molar-refractivity contribution in [2.75, 3.05) is 5.32 Å². The fourth-order valence-corrected chi connectivity index (χ4v) is 1.81. The van der Waals surface area contributed by atoms with Gasteiger partial charge in [-0.25, -0.2) is 4.98 Å². The first-order valence-corrected chi connectivity index (χ1v) is 6.46. The van der Waals surface area contributed by atoms with Gasteiger partial charge in [-0.3, -0.25) is 10.1 Å². The van der Waals surface area contributed by atoms with Gasteiger partial charge in [0.2, 0.25) is 5.95 Å². The predicted octanol–water partition coefficient (Wildman–Crippen LogP) is 1.95. The molecule has 0 bridgehead atoms. The zero-order valence-electron chi connectivity index (χ0n) is 11.4. The Kier molecular flexibility index (Phi) is 4.24. The Morgan fingerprint density at radius 3 is 2.60 bits per heavy atom. The lowest BCUT2D eigenvalue weighted by Gasteiger charge is -2.07. The van der Waals surface area contributed by atoms with E-state index in [0.29, 0.717) is 5.56 Å². The molecule has 2 N–H and O–H groups in total. The van der Waals surface area contributed by atoms with Gasteiger partial charge in [-0.05, 0) is 31.0 Å². The van der Waals surface area contributed by atoms with E-state index in [1.54, 1.807) is 12.1 Å². The Morgan fingerprint density at radius 2 is 1.95 bits per heavy atom. The van der Waals surface area contributed by atoms with Crippen LogP contribution in [0.2, 0.25) is 0 Å². The smallest absolute Gasteiger partial charge is 0.258 e. The lowest BCUT2D eigenvalue weighted by Crippen LogP contribution is -2.16. The molecule has 1 amide bonds. The predicted molar refractivity (Wildman–Crippen MR) is 74.6 cm³/mol. The third-order valence-electron chi connectivity index (χ3n) is 2.84. The number of carbonyl (C=O) groups excluding carboxylic acids is 1. The first-order valence-electron chi connectivity index (χ1n) is 6.46. The lowest BCUT2D eigenvalue weighted by molar-refractivity contribution is 0.102. The second kappa shape index (κ2) is 6.10. The van der Waals surface area contributed by atoms with Gasteiger partial charge in [0.05, 0.1) is 11.4 Å². The van der Waals surface area contributed by atoms with Gasteiger partial charge in [0.1, 0.15) is 5.75 Å². The number of phenolic OH excluding ortho intramolecular Hbond substituents is 1. The second-order valence-electron chi connectivity index (χ2n) is 4.24. The molecule has 0 radical (unpaired) electrons. The van der Waals surface area contributed by atoms with Crippen LogP contribution < -0.4 is 5.32 Å². The summed E-state index contributed by atoms with van der Waals surface area (Å²) in [5.41, 5.74) is 2.00. The number of amides is 1. The van der Waals surface area contributed by atoms with E-state index in [2.05, 4.69) is 20.5 Å². The zero-order valence-corrected chi connectivity index (χ0v) is 11.4. The summed E-state index contributed by atoms with van der Waals surface area (Å²) >= 11 is 0. The van der Waals surface area contributed by atoms with Gasteiger partial charge in [0.15, 0.2) is 0 Å². The second-order valence-corrected chi connectivity index (χ2v) is 4.24. The summed E-state index contributed by atoms with van der Waals surface area (Å²) in [6, 6.07) is 6.08. The van der Waals surface area contributed by atoms with Crippen LogP contribution in [0.3, 0.4) is 0 Å². The van der Waals surface area contributed by atoms with E-state index in [-0.39, 0.29) is 17.6 Å². The Labute approximate surface area is 116 Å². The molecule has 0 aliphatic rings. The minimum Gasteiger partial charge on any atom is -0.508 e. The molecule has 0 saturated heterocycles. The molecule has 1 aromatic carbocycles. The van der Waals surface area contributed by atoms with Crippen molar-refractivity contribution < 1.29 is 9.90 Å². The summed E-state index contributed by atoms with van der Waals surface area (Å²) in [6.45, 7) is 3.96. The van der Waals surface area contributed by atoms with E-state index < -0.39 is 0 Å². The molecule has 0 saturated carbocycles. The summed E-state index contributed by atoms with van der Waals surface area (Å²) in [7, 11) is 0. The van der Waals surface area contributed by atoms with Crippen molar-refractivity contribution in [3.05, 3.63) is 41.2 Å². The van der Waals surface area contributed by atoms with Gasteiger partial charge in [0, 0.05) is 5.56 Å². The molecular formula is C14H16N4O2. The third kappa shape index (κ3) is 3.09. The van der Waals surface area contributed by atoms with E-state index in [9.17, 15) is 9.90 Å². The first-order chi connectivity index (χ1) is 9.63. The van der Waals surface area contributed by atoms with Gasteiger partial charge in [-0.2, -0.15) is 0 Å². The van der Waals surface area contributed by atoms with Crippen molar-refractivity contribution in [3.63, 3.8) is 0 Å². The zero-order chi connectivity index (χ0) is 14.5. The molecule has 1 aromatic heterocycles. The van der Waals surface area contributed by atoms with Crippen LogP contribution in [-0.2, 0) is 12.8 Å². The summed E-state index contributed by atoms with van der Waals surface area (Å²) in [5.74, 6) is -0.173. The molecule has 2 rings (SSSR count). The molecule has 0 unspecified atom stereocenters. The topological polar surface area (TPSA) is 88.0 Å². The number of anilines is 1. The molecule has 1 heterocycles. The van der Waals surface area contributed by atoms with Gasteiger partial charge in [-0.15, -0.1) is 10.2 Å². The molecule has 0 spiro atoms. The van der Waals surface area contributed by atoms with Crippen LogP contribution in [0.1, 0.15) is 35.6 Å². The molecule has 0 aliphatic carbocycles. The summed E-state index contributed by atoms with van der Waals surface area (Å²) < 4.78 is 0. The van der Waals surface area contributed by atoms with Crippen LogP contribution in [0.15, 0.2) is 24.3 Å². The molecule has 2 aromatic rings. The highest BCUT2D eigenvalue weighted by Crippen LogP contribution is 2.13. The lowest BCUT2D eigenvalue weighted by atomic mass is 10.2. The Bertz CT molecular complexity index is 628. The average Bonchev–Trinajstić information content (AvgIpc) is 2.47. The number of aromatic nitrogens is 3. The minimum atomic E-state index is -0.381. The van der Waals surface area contributed by atoms with Crippen molar-refractivity contribution >= 4 is 11.9 Å². The number of phenols is 1. The van der Waals surface area contributed by atoms with Crippen molar-refractivity contribution in [1.29, 1.82) is 0 Å². The molecule has 0 aliphatic heterocycles. The Balaban J connectivity index is 2.19. The third-order valence-corrected chi connectivity index (χ3v) is 2.84. The number of hydrogen-bond donors (Lipinski definition) is 2. The number of rotatable bonds is 4. The number of nitrogens with one attached hydrogen (secondary N) is 1. The molecule has 0 fully saturated rings. The number of aryl methyl sites for hydroxylation is 2. The van der Waals surface area contributed by atoms with E-state index in [0.717, 1.165) is 24.2 Å². The van der Waals surface area contributed by atoms with Crippen LogP contribution in [0.25, 0.3) is 0 Å². The number of nitrogens with zero attached hydrogens (tertiary/aromatic N) is 3. The largest absolute Gasteiger partial charge is 0.508 e. The quantitative estimate of drug-likeness (QED) is 0.888. The number of carbonyl (C=O) groups is 1. The van der Waals surface area contributed by atoms with Gasteiger partial charge in [-0.1, -0.05) is 19.9 Å². The number of benzene rings is 1. The van der Waals surface area contributed by atoms with E-state index in [4.69, 9.17) is 0 Å². The first kappa shape index (κ1) is 13.9. The minimum absolute atomic E-state index is 0.0345. The van der Waals surface area contributed by atoms with E-state index in [1.807, 2.05) is 13.8 Å². The molecule has 6 nitrogen and oxygen atoms in total. The maximum atomic E-state index is 12.0. The SMILES string of the molecule is CCc1nnc(NC(=O)c2cccc(O)c2)nc1CC. The molecule has 20 heavy (non-hydrogen) atoms. The van der Waals surface area contributed by atoms with Crippen molar-refractivity contribution in [2.45, 2.75) is 26.7 Å². The summed E-state index contributed by atoms with van der Waals surface area (Å²) in [6.07, 6.45) is 1.48. The normalized spacial score (nSPS) is 10.3. The molecule has 6 heteroatoms. The highest BCUT2D eigenvalue weighted by molar-refractivity contribution is 6.03. The van der Waals surface area contributed by atoms with Gasteiger partial charge >= 0.3 is 0 Å². The molecular weight excluding hydrogens is 256 g/mol. The maximum absolute atomic E-state index is 12.0. The van der Waals surface area contributed by atoms with E-state index in [1.165, 1.54) is 12.1 Å². The number of aromatic hydroxyl groups is 1. The standard InChI is InChI=1S/C14H16N4O2/c1-3-11-12(4-2)17-18-14(15-11)16-13(20)9-6-5-7-10(19)8-9/h5-8,19H,3-4H2,1-2H3,(H,15,16,18,20). The maximum Gasteiger partial charge on any atom is 0.258 e. The monoisotopic (exact) mass is 272 g/mol. The van der Waals surface area contributed by atoms with Crippen LogP contribution >= 0.6 is 0 Å². The Morgan fingerprint density at radius 1 is 1.20 bits per heavy atom. The Hall–Kier alpha value is -2.50. The van der Waals surface area contributed by atoms with Crippen LogP contribution in [0.4, 0.5) is 5.95 Å². The fraction of sp³-hybridized carbons (Fsp3) is 0.286. The average molecular weight is 272 g/mol. The molecule has 104 valence electrons.